The van der Waals surface area contributed by atoms with Gasteiger partial charge in [0.05, 0.1) is 11.4 Å². The van der Waals surface area contributed by atoms with Gasteiger partial charge in [-0.05, 0) is 45.3 Å². The Labute approximate surface area is 160 Å². The summed E-state index contributed by atoms with van der Waals surface area (Å²) >= 11 is 1.72. The predicted molar refractivity (Wildman–Crippen MR) is 109 cm³/mol. The summed E-state index contributed by atoms with van der Waals surface area (Å²) in [6.45, 7) is 6.63. The van der Waals surface area contributed by atoms with Crippen molar-refractivity contribution in [2.75, 3.05) is 26.7 Å². The minimum absolute atomic E-state index is 0.652. The fourth-order valence-corrected chi connectivity index (χ4v) is 4.79. The first-order chi connectivity index (χ1) is 12.7. The maximum Gasteiger partial charge on any atom is 0.194 e. The Balaban J connectivity index is 1.36. The minimum atomic E-state index is 0.652. The molecule has 0 radical (unpaired) electrons. The third kappa shape index (κ3) is 3.85. The summed E-state index contributed by atoms with van der Waals surface area (Å²) in [6.07, 6.45) is 5.87. The molecule has 1 aromatic carbocycles. The van der Waals surface area contributed by atoms with Crippen LogP contribution in [0.4, 0.5) is 0 Å². The Morgan fingerprint density at radius 3 is 2.96 bits per heavy atom. The Morgan fingerprint density at radius 2 is 2.12 bits per heavy atom. The summed E-state index contributed by atoms with van der Waals surface area (Å²) in [4.78, 5) is 11.0. The molecule has 0 bridgehead atoms. The number of hydrogen-bond acceptors (Lipinski definition) is 4. The van der Waals surface area contributed by atoms with Gasteiger partial charge in [0, 0.05) is 37.3 Å². The van der Waals surface area contributed by atoms with Crippen molar-refractivity contribution in [1.29, 1.82) is 0 Å². The first-order valence-corrected chi connectivity index (χ1v) is 10.5. The second-order valence-electron chi connectivity index (χ2n) is 7.45. The number of benzene rings is 1. The van der Waals surface area contributed by atoms with E-state index in [9.17, 15) is 0 Å². The monoisotopic (exact) mass is 368 g/mol. The van der Waals surface area contributed by atoms with E-state index in [-0.39, 0.29) is 0 Å². The van der Waals surface area contributed by atoms with Crippen LogP contribution < -0.4 is 0 Å². The molecule has 1 atom stereocenters. The summed E-state index contributed by atoms with van der Waals surface area (Å²) in [5, 5.41) is 2.13. The van der Waals surface area contributed by atoms with E-state index in [0.717, 1.165) is 31.0 Å². The second-order valence-corrected chi connectivity index (χ2v) is 8.32. The van der Waals surface area contributed by atoms with Gasteiger partial charge in [-0.15, -0.1) is 11.3 Å². The third-order valence-corrected chi connectivity index (χ3v) is 6.39. The molecular weight excluding hydrogens is 340 g/mol. The molecule has 4 nitrogen and oxygen atoms in total. The quantitative estimate of drug-likeness (QED) is 0.660. The van der Waals surface area contributed by atoms with Crippen LogP contribution in [0.3, 0.4) is 0 Å². The van der Waals surface area contributed by atoms with Crippen molar-refractivity contribution in [3.05, 3.63) is 58.9 Å². The average molecular weight is 369 g/mol. The number of likely N-dealkylation sites (N-methyl/N-ethyl adjacent to an activating group) is 1. The first-order valence-electron chi connectivity index (χ1n) is 9.58. The van der Waals surface area contributed by atoms with Crippen molar-refractivity contribution in [2.24, 2.45) is 0 Å². The number of piperidine rings is 1. The number of rotatable bonds is 6. The van der Waals surface area contributed by atoms with Crippen LogP contribution in [0.2, 0.25) is 0 Å². The van der Waals surface area contributed by atoms with Crippen molar-refractivity contribution < 1.29 is 0 Å². The van der Waals surface area contributed by atoms with E-state index in [2.05, 4.69) is 70.1 Å². The molecule has 0 saturated carbocycles. The van der Waals surface area contributed by atoms with E-state index >= 15 is 0 Å². The lowest BCUT2D eigenvalue weighted by molar-refractivity contribution is 0.111. The zero-order chi connectivity index (χ0) is 17.9. The molecular formula is C21H28N4S. The van der Waals surface area contributed by atoms with Crippen LogP contribution in [0.15, 0.2) is 41.9 Å². The van der Waals surface area contributed by atoms with Crippen LogP contribution >= 0.6 is 11.3 Å². The van der Waals surface area contributed by atoms with Crippen molar-refractivity contribution >= 4 is 16.3 Å². The first kappa shape index (κ1) is 17.7. The van der Waals surface area contributed by atoms with Crippen LogP contribution in [0.1, 0.15) is 29.8 Å². The standard InChI is InChI=1S/C21H28N4S/c1-17-20(25-13-14-26-21(25)22-17)16-24-11-6-9-19(15-24)23(2)12-10-18-7-4-3-5-8-18/h3-5,7-8,13-14,19H,6,9-12,15-16H2,1-2H3. The van der Waals surface area contributed by atoms with E-state index in [1.165, 1.54) is 36.3 Å². The fourth-order valence-electron chi connectivity index (χ4n) is 4.01. The highest BCUT2D eigenvalue weighted by Crippen LogP contribution is 2.22. The summed E-state index contributed by atoms with van der Waals surface area (Å²) in [5.74, 6) is 0. The highest BCUT2D eigenvalue weighted by molar-refractivity contribution is 7.15. The van der Waals surface area contributed by atoms with Crippen molar-refractivity contribution in [2.45, 2.75) is 38.8 Å². The van der Waals surface area contributed by atoms with Gasteiger partial charge in [-0.1, -0.05) is 30.3 Å². The predicted octanol–water partition coefficient (Wildman–Crippen LogP) is 3.84. The van der Waals surface area contributed by atoms with Gasteiger partial charge in [-0.25, -0.2) is 4.98 Å². The van der Waals surface area contributed by atoms with E-state index in [0.29, 0.717) is 6.04 Å². The van der Waals surface area contributed by atoms with Gasteiger partial charge in [-0.3, -0.25) is 9.30 Å². The number of nitrogens with zero attached hydrogens (tertiary/aromatic N) is 4. The summed E-state index contributed by atoms with van der Waals surface area (Å²) in [7, 11) is 2.29. The number of fused-ring (bicyclic) bond motifs is 1. The Bertz CT molecular complexity index is 838. The zero-order valence-electron chi connectivity index (χ0n) is 15.8. The molecule has 1 aliphatic heterocycles. The minimum Gasteiger partial charge on any atom is -0.302 e. The van der Waals surface area contributed by atoms with E-state index < -0.39 is 0 Å². The average Bonchev–Trinajstić information content (AvgIpc) is 3.23. The molecule has 26 heavy (non-hydrogen) atoms. The smallest absolute Gasteiger partial charge is 0.194 e. The van der Waals surface area contributed by atoms with Gasteiger partial charge >= 0.3 is 0 Å². The third-order valence-electron chi connectivity index (χ3n) is 5.63. The number of imidazole rings is 1. The molecule has 1 aliphatic rings. The molecule has 138 valence electrons. The number of hydrogen-bond donors (Lipinski definition) is 0. The van der Waals surface area contributed by atoms with Crippen LogP contribution in [-0.4, -0.2) is 51.9 Å². The van der Waals surface area contributed by atoms with E-state index in [4.69, 9.17) is 4.98 Å². The van der Waals surface area contributed by atoms with Crippen molar-refractivity contribution in [1.82, 2.24) is 19.2 Å². The molecule has 0 aliphatic carbocycles. The molecule has 4 rings (SSSR count). The van der Waals surface area contributed by atoms with Gasteiger partial charge in [0.25, 0.3) is 0 Å². The number of thiazole rings is 1. The lowest BCUT2D eigenvalue weighted by atomic mass is 10.0. The lowest BCUT2D eigenvalue weighted by Gasteiger charge is -2.37. The van der Waals surface area contributed by atoms with Crippen LogP contribution in [-0.2, 0) is 13.0 Å². The Morgan fingerprint density at radius 1 is 1.27 bits per heavy atom. The largest absolute Gasteiger partial charge is 0.302 e. The fraction of sp³-hybridized carbons (Fsp3) is 0.476. The molecule has 3 aromatic rings. The van der Waals surface area contributed by atoms with Gasteiger partial charge < -0.3 is 4.90 Å². The maximum absolute atomic E-state index is 4.70. The summed E-state index contributed by atoms with van der Waals surface area (Å²) in [6, 6.07) is 11.5. The molecule has 1 fully saturated rings. The highest BCUT2D eigenvalue weighted by Gasteiger charge is 2.24. The number of aryl methyl sites for hydroxylation is 1. The molecule has 1 unspecified atom stereocenters. The SMILES string of the molecule is Cc1nc2sccn2c1CN1CCCC(N(C)CCc2ccccc2)C1. The van der Waals surface area contributed by atoms with Gasteiger partial charge in [0.1, 0.15) is 0 Å². The lowest BCUT2D eigenvalue weighted by Crippen LogP contribution is -2.46. The van der Waals surface area contributed by atoms with E-state index in [1.807, 2.05) is 0 Å². The summed E-state index contributed by atoms with van der Waals surface area (Å²) in [5.41, 5.74) is 3.96. The molecule has 3 heterocycles. The normalized spacial score (nSPS) is 18.8. The maximum atomic E-state index is 4.70. The zero-order valence-corrected chi connectivity index (χ0v) is 16.6. The topological polar surface area (TPSA) is 23.8 Å². The van der Waals surface area contributed by atoms with Crippen LogP contribution in [0.25, 0.3) is 4.96 Å². The van der Waals surface area contributed by atoms with Gasteiger partial charge in [0.2, 0.25) is 0 Å². The van der Waals surface area contributed by atoms with E-state index in [1.54, 1.807) is 11.3 Å². The van der Waals surface area contributed by atoms with Crippen LogP contribution in [0, 0.1) is 6.92 Å². The molecule has 0 spiro atoms. The van der Waals surface area contributed by atoms with Crippen molar-refractivity contribution in [3.63, 3.8) is 0 Å². The second kappa shape index (κ2) is 7.91. The van der Waals surface area contributed by atoms with Crippen LogP contribution in [0.5, 0.6) is 0 Å². The molecule has 0 amide bonds. The van der Waals surface area contributed by atoms with Crippen molar-refractivity contribution in [3.8, 4) is 0 Å². The number of aromatic nitrogens is 2. The summed E-state index contributed by atoms with van der Waals surface area (Å²) < 4.78 is 2.27. The highest BCUT2D eigenvalue weighted by atomic mass is 32.1. The Hall–Kier alpha value is -1.69. The number of likely N-dealkylation sites (tertiary alicyclic amines) is 1. The van der Waals surface area contributed by atoms with Gasteiger partial charge in [-0.2, -0.15) is 0 Å². The molecule has 1 saturated heterocycles. The molecule has 2 aromatic heterocycles. The Kier molecular flexibility index (Phi) is 5.38. The molecule has 0 N–H and O–H groups in total. The van der Waals surface area contributed by atoms with Gasteiger partial charge in [0.15, 0.2) is 4.96 Å². The molecule has 5 heteroatoms.